The number of carbonyl (C=O) groups is 1. The van der Waals surface area contributed by atoms with Crippen LogP contribution in [0.3, 0.4) is 0 Å². The Balaban J connectivity index is 1.47. The largest absolute Gasteiger partial charge is 0.444 e. The predicted octanol–water partition coefficient (Wildman–Crippen LogP) is 7.46. The average Bonchev–Trinajstić information content (AvgIpc) is 3.51. The van der Waals surface area contributed by atoms with Crippen molar-refractivity contribution in [2.75, 3.05) is 6.54 Å². The van der Waals surface area contributed by atoms with Crippen molar-refractivity contribution in [3.05, 3.63) is 81.7 Å². The van der Waals surface area contributed by atoms with Gasteiger partial charge in [-0.3, -0.25) is 4.90 Å². The van der Waals surface area contributed by atoms with Gasteiger partial charge in [-0.05, 0) is 68.9 Å². The fraction of sp³-hybridized carbons (Fsp3) is 0.357. The maximum absolute atomic E-state index is 12.8. The lowest BCUT2D eigenvalue weighted by atomic mass is 9.89. The summed E-state index contributed by atoms with van der Waals surface area (Å²) in [7, 11) is 0. The van der Waals surface area contributed by atoms with Crippen LogP contribution in [-0.4, -0.2) is 33.1 Å². The third-order valence-corrected chi connectivity index (χ3v) is 7.23. The Morgan fingerprint density at radius 2 is 1.91 bits per heavy atom. The van der Waals surface area contributed by atoms with Gasteiger partial charge in [0, 0.05) is 22.5 Å². The highest BCUT2D eigenvalue weighted by molar-refractivity contribution is 9.10. The van der Waals surface area contributed by atoms with Crippen molar-refractivity contribution in [2.24, 2.45) is 0 Å². The Morgan fingerprint density at radius 3 is 2.71 bits per heavy atom. The van der Waals surface area contributed by atoms with E-state index in [1.165, 1.54) is 22.3 Å². The van der Waals surface area contributed by atoms with Gasteiger partial charge in [-0.25, -0.2) is 9.78 Å². The zero-order valence-electron chi connectivity index (χ0n) is 20.1. The molecule has 2 aromatic carbocycles. The van der Waals surface area contributed by atoms with Crippen molar-refractivity contribution < 1.29 is 9.53 Å². The molecule has 2 unspecified atom stereocenters. The summed E-state index contributed by atoms with van der Waals surface area (Å²) >= 11 is 3.73. The summed E-state index contributed by atoms with van der Waals surface area (Å²) in [5.74, 6) is 0.995. The van der Waals surface area contributed by atoms with E-state index in [9.17, 15) is 4.79 Å². The van der Waals surface area contributed by atoms with E-state index in [-0.39, 0.29) is 18.1 Å². The lowest BCUT2D eigenvalue weighted by Gasteiger charge is -2.27. The van der Waals surface area contributed by atoms with Gasteiger partial charge in [0.15, 0.2) is 0 Å². The van der Waals surface area contributed by atoms with Gasteiger partial charge in [0.05, 0.1) is 17.9 Å². The molecule has 3 aromatic rings. The van der Waals surface area contributed by atoms with Gasteiger partial charge in [0.25, 0.3) is 0 Å². The Hall–Kier alpha value is -2.86. The Labute approximate surface area is 209 Å². The molecule has 5 nitrogen and oxygen atoms in total. The first-order chi connectivity index (χ1) is 16.2. The van der Waals surface area contributed by atoms with Gasteiger partial charge in [0.2, 0.25) is 0 Å². The molecule has 0 saturated carbocycles. The average molecular weight is 520 g/mol. The van der Waals surface area contributed by atoms with E-state index in [0.717, 1.165) is 34.4 Å². The number of aromatic amines is 1. The molecule has 1 fully saturated rings. The van der Waals surface area contributed by atoms with Gasteiger partial charge < -0.3 is 9.72 Å². The number of carbonyl (C=O) groups excluding carboxylic acids is 1. The number of nitrogens with zero attached hydrogens (tertiary/aromatic N) is 2. The number of H-pyrrole nitrogens is 1. The molecule has 1 aromatic heterocycles. The number of likely N-dealkylation sites (tertiary alicyclic amines) is 1. The van der Waals surface area contributed by atoms with E-state index in [0.29, 0.717) is 6.54 Å². The van der Waals surface area contributed by atoms with Gasteiger partial charge >= 0.3 is 6.09 Å². The highest BCUT2D eigenvalue weighted by Gasteiger charge is 2.35. The van der Waals surface area contributed by atoms with Crippen molar-refractivity contribution in [3.8, 4) is 11.3 Å². The molecule has 5 rings (SSSR count). The molecule has 1 aliphatic carbocycles. The van der Waals surface area contributed by atoms with Crippen LogP contribution in [0, 0.1) is 0 Å². The standard InChI is InChI=1S/C28H30BrN3O2/c1-17-15-21(20-11-7-12-22(29)25(17)20)18-9-5-6-10-19(18)23-16-30-26(31-23)24-13-8-14-32(24)27(33)34-28(2,3)4/h5-7,9-12,15-16,21,24H,8,13-14H2,1-4H3,(H,30,31). The van der Waals surface area contributed by atoms with Crippen LogP contribution in [0.1, 0.15) is 75.0 Å². The van der Waals surface area contributed by atoms with Crippen molar-refractivity contribution in [3.63, 3.8) is 0 Å². The van der Waals surface area contributed by atoms with Crippen LogP contribution in [0.15, 0.2) is 59.2 Å². The molecule has 0 bridgehead atoms. The molecule has 0 radical (unpaired) electrons. The highest BCUT2D eigenvalue weighted by Crippen LogP contribution is 2.45. The molecular formula is C28H30BrN3O2. The zero-order valence-corrected chi connectivity index (χ0v) is 21.6. The fourth-order valence-electron chi connectivity index (χ4n) is 5.14. The molecule has 0 spiro atoms. The minimum absolute atomic E-state index is 0.0962. The van der Waals surface area contributed by atoms with E-state index >= 15 is 0 Å². The van der Waals surface area contributed by atoms with Crippen LogP contribution in [-0.2, 0) is 4.74 Å². The first-order valence-corrected chi connectivity index (χ1v) is 12.6. The van der Waals surface area contributed by atoms with E-state index < -0.39 is 5.60 Å². The summed E-state index contributed by atoms with van der Waals surface area (Å²) in [4.78, 5) is 22.8. The summed E-state index contributed by atoms with van der Waals surface area (Å²) in [6.45, 7) is 8.55. The van der Waals surface area contributed by atoms with Gasteiger partial charge in [-0.15, -0.1) is 0 Å². The van der Waals surface area contributed by atoms with Crippen LogP contribution in [0.25, 0.3) is 16.8 Å². The molecule has 6 heteroatoms. The number of ether oxygens (including phenoxy) is 1. The zero-order chi connectivity index (χ0) is 24.0. The number of imidazole rings is 1. The number of hydrogen-bond donors (Lipinski definition) is 1. The first kappa shape index (κ1) is 22.9. The minimum atomic E-state index is -0.518. The predicted molar refractivity (Wildman–Crippen MR) is 139 cm³/mol. The molecule has 1 aliphatic heterocycles. The van der Waals surface area contributed by atoms with Gasteiger partial charge in [-0.1, -0.05) is 58.4 Å². The first-order valence-electron chi connectivity index (χ1n) is 11.8. The van der Waals surface area contributed by atoms with Crippen LogP contribution in [0.2, 0.25) is 0 Å². The van der Waals surface area contributed by atoms with Crippen molar-refractivity contribution in [2.45, 2.75) is 58.1 Å². The maximum Gasteiger partial charge on any atom is 0.410 e. The Kier molecular flexibility index (Phi) is 5.88. The second-order valence-corrected chi connectivity index (χ2v) is 11.0. The molecule has 176 valence electrons. The highest BCUT2D eigenvalue weighted by atomic mass is 79.9. The van der Waals surface area contributed by atoms with E-state index in [1.807, 2.05) is 27.0 Å². The summed E-state index contributed by atoms with van der Waals surface area (Å²) < 4.78 is 6.77. The molecule has 2 aliphatic rings. The molecule has 34 heavy (non-hydrogen) atoms. The Bertz CT molecular complexity index is 1270. The SMILES string of the molecule is CC1=CC(c2ccccc2-c2cnc(C3CCCN3C(=O)OC(C)(C)C)[nH]2)c2cccc(Br)c21. The number of amides is 1. The van der Waals surface area contributed by atoms with Crippen LogP contribution in [0.5, 0.6) is 0 Å². The second kappa shape index (κ2) is 8.73. The lowest BCUT2D eigenvalue weighted by Crippen LogP contribution is -2.36. The molecule has 1 saturated heterocycles. The van der Waals surface area contributed by atoms with Crippen molar-refractivity contribution in [1.29, 1.82) is 0 Å². The quantitative estimate of drug-likeness (QED) is 0.390. The summed E-state index contributed by atoms with van der Waals surface area (Å²) in [6.07, 6.45) is 5.77. The number of allylic oxidation sites excluding steroid dienone is 2. The second-order valence-electron chi connectivity index (χ2n) is 10.1. The number of rotatable bonds is 3. The van der Waals surface area contributed by atoms with E-state index in [2.05, 4.69) is 76.4 Å². The minimum Gasteiger partial charge on any atom is -0.444 e. The summed E-state index contributed by atoms with van der Waals surface area (Å²) in [5.41, 5.74) is 6.70. The third kappa shape index (κ3) is 4.20. The summed E-state index contributed by atoms with van der Waals surface area (Å²) in [5, 5.41) is 0. The van der Waals surface area contributed by atoms with Crippen LogP contribution < -0.4 is 0 Å². The van der Waals surface area contributed by atoms with Gasteiger partial charge in [0.1, 0.15) is 11.4 Å². The molecule has 1 N–H and O–H groups in total. The number of aromatic nitrogens is 2. The number of fused-ring (bicyclic) bond motifs is 1. The fourth-order valence-corrected chi connectivity index (χ4v) is 5.84. The van der Waals surface area contributed by atoms with Gasteiger partial charge in [-0.2, -0.15) is 0 Å². The number of benzene rings is 2. The monoisotopic (exact) mass is 519 g/mol. The molecule has 1 amide bonds. The van der Waals surface area contributed by atoms with Crippen LogP contribution >= 0.6 is 15.9 Å². The third-order valence-electron chi connectivity index (χ3n) is 6.57. The van der Waals surface area contributed by atoms with Crippen molar-refractivity contribution in [1.82, 2.24) is 14.9 Å². The molecular weight excluding hydrogens is 490 g/mol. The molecule has 2 atom stereocenters. The van der Waals surface area contributed by atoms with Crippen molar-refractivity contribution >= 4 is 27.6 Å². The number of halogens is 1. The lowest BCUT2D eigenvalue weighted by molar-refractivity contribution is 0.0218. The van der Waals surface area contributed by atoms with E-state index in [1.54, 1.807) is 4.90 Å². The number of nitrogens with one attached hydrogen (secondary N) is 1. The smallest absolute Gasteiger partial charge is 0.410 e. The van der Waals surface area contributed by atoms with Crippen LogP contribution in [0.4, 0.5) is 4.79 Å². The topological polar surface area (TPSA) is 58.2 Å². The normalized spacial score (nSPS) is 19.8. The van der Waals surface area contributed by atoms with E-state index in [4.69, 9.17) is 9.72 Å². The maximum atomic E-state index is 12.8. The summed E-state index contributed by atoms with van der Waals surface area (Å²) in [6, 6.07) is 14.8. The Morgan fingerprint density at radius 1 is 1.15 bits per heavy atom. The number of hydrogen-bond acceptors (Lipinski definition) is 3. The molecule has 2 heterocycles.